The molecule has 0 saturated heterocycles. The number of pyridine rings is 1. The Morgan fingerprint density at radius 1 is 1.38 bits per heavy atom. The molecule has 2 rings (SSSR count). The Labute approximate surface area is 93.2 Å². The van der Waals surface area contributed by atoms with Crippen LogP contribution in [0.2, 0.25) is 0 Å². The van der Waals surface area contributed by atoms with Gasteiger partial charge in [0.15, 0.2) is 0 Å². The summed E-state index contributed by atoms with van der Waals surface area (Å²) in [4.78, 5) is 11.1. The molecule has 2 N–H and O–H groups in total. The summed E-state index contributed by atoms with van der Waals surface area (Å²) in [5.41, 5.74) is 1.65. The van der Waals surface area contributed by atoms with Crippen LogP contribution in [0.15, 0.2) is 30.9 Å². The third-order valence-corrected chi connectivity index (χ3v) is 2.15. The van der Waals surface area contributed by atoms with Crippen molar-refractivity contribution in [2.75, 3.05) is 11.9 Å². The second-order valence-corrected chi connectivity index (χ2v) is 3.30. The molecule has 0 aliphatic heterocycles. The first-order valence-electron chi connectivity index (χ1n) is 4.96. The topological polar surface area (TPSA) is 77.4 Å². The molecular weight excluding hydrogens is 202 g/mol. The molecule has 2 aromatic heterocycles. The molecule has 0 aliphatic carbocycles. The number of nitrogens with one attached hydrogen (secondary N) is 2. The third kappa shape index (κ3) is 2.58. The molecule has 0 aromatic carbocycles. The first kappa shape index (κ1) is 10.2. The van der Waals surface area contributed by atoms with Gasteiger partial charge in [-0.2, -0.15) is 5.26 Å². The highest BCUT2D eigenvalue weighted by molar-refractivity contribution is 5.38. The van der Waals surface area contributed by atoms with E-state index in [4.69, 9.17) is 5.26 Å². The maximum absolute atomic E-state index is 8.61. The van der Waals surface area contributed by atoms with Crippen molar-refractivity contribution in [2.45, 2.75) is 6.42 Å². The molecule has 2 aromatic rings. The van der Waals surface area contributed by atoms with Crippen LogP contribution in [0.3, 0.4) is 0 Å². The standard InChI is InChI=1S/C11H11N5/c12-5-9-1-2-11(15-6-9)14-4-3-10-7-13-8-16-10/h1-2,6-8H,3-4H2,(H,13,16)(H,14,15). The minimum atomic E-state index is 0.569. The summed E-state index contributed by atoms with van der Waals surface area (Å²) in [6, 6.07) is 5.57. The van der Waals surface area contributed by atoms with Gasteiger partial charge in [-0.3, -0.25) is 0 Å². The molecule has 0 bridgehead atoms. The molecule has 5 nitrogen and oxygen atoms in total. The van der Waals surface area contributed by atoms with Crippen molar-refractivity contribution in [1.82, 2.24) is 15.0 Å². The molecule has 2 heterocycles. The van der Waals surface area contributed by atoms with E-state index >= 15 is 0 Å². The Balaban J connectivity index is 1.83. The van der Waals surface area contributed by atoms with E-state index in [0.717, 1.165) is 24.5 Å². The highest BCUT2D eigenvalue weighted by atomic mass is 15.0. The molecule has 80 valence electrons. The Bertz CT molecular complexity index is 466. The summed E-state index contributed by atoms with van der Waals surface area (Å²) < 4.78 is 0. The fourth-order valence-electron chi connectivity index (χ4n) is 1.31. The number of aromatic amines is 1. The smallest absolute Gasteiger partial charge is 0.125 e. The summed E-state index contributed by atoms with van der Waals surface area (Å²) in [7, 11) is 0. The molecule has 0 fully saturated rings. The Morgan fingerprint density at radius 2 is 2.31 bits per heavy atom. The molecule has 0 unspecified atom stereocenters. The summed E-state index contributed by atoms with van der Waals surface area (Å²) in [6.45, 7) is 0.779. The number of nitrogens with zero attached hydrogens (tertiary/aromatic N) is 3. The Hall–Kier alpha value is -2.35. The molecule has 0 amide bonds. The predicted molar refractivity (Wildman–Crippen MR) is 59.7 cm³/mol. The van der Waals surface area contributed by atoms with Gasteiger partial charge in [0, 0.05) is 31.1 Å². The second kappa shape index (κ2) is 4.94. The number of hydrogen-bond acceptors (Lipinski definition) is 4. The summed E-state index contributed by atoms with van der Waals surface area (Å²) in [5.74, 6) is 0.776. The fraction of sp³-hybridized carbons (Fsp3) is 0.182. The van der Waals surface area contributed by atoms with Crippen molar-refractivity contribution < 1.29 is 0 Å². The summed E-state index contributed by atoms with van der Waals surface area (Å²) in [6.07, 6.45) is 5.88. The lowest BCUT2D eigenvalue weighted by Gasteiger charge is -2.03. The molecule has 0 saturated carbocycles. The van der Waals surface area contributed by atoms with E-state index in [1.54, 1.807) is 30.9 Å². The van der Waals surface area contributed by atoms with Crippen LogP contribution < -0.4 is 5.32 Å². The maximum Gasteiger partial charge on any atom is 0.125 e. The largest absolute Gasteiger partial charge is 0.370 e. The van der Waals surface area contributed by atoms with E-state index in [2.05, 4.69) is 20.3 Å². The van der Waals surface area contributed by atoms with Gasteiger partial charge < -0.3 is 10.3 Å². The minimum absolute atomic E-state index is 0.569. The Morgan fingerprint density at radius 3 is 2.94 bits per heavy atom. The fourth-order valence-corrected chi connectivity index (χ4v) is 1.31. The van der Waals surface area contributed by atoms with E-state index in [-0.39, 0.29) is 0 Å². The zero-order valence-corrected chi connectivity index (χ0v) is 8.64. The number of anilines is 1. The SMILES string of the molecule is N#Cc1ccc(NCCc2cnc[nH]2)nc1. The monoisotopic (exact) mass is 213 g/mol. The molecule has 5 heteroatoms. The van der Waals surface area contributed by atoms with Crippen molar-refractivity contribution in [2.24, 2.45) is 0 Å². The first-order valence-corrected chi connectivity index (χ1v) is 4.96. The second-order valence-electron chi connectivity index (χ2n) is 3.30. The van der Waals surface area contributed by atoms with Crippen LogP contribution in [0.5, 0.6) is 0 Å². The molecular formula is C11H11N5. The highest BCUT2D eigenvalue weighted by Crippen LogP contribution is 2.04. The van der Waals surface area contributed by atoms with Crippen LogP contribution in [-0.4, -0.2) is 21.5 Å². The summed E-state index contributed by atoms with van der Waals surface area (Å²) in [5, 5.41) is 11.8. The van der Waals surface area contributed by atoms with Gasteiger partial charge in [-0.05, 0) is 12.1 Å². The van der Waals surface area contributed by atoms with Gasteiger partial charge in [0.2, 0.25) is 0 Å². The molecule has 0 radical (unpaired) electrons. The third-order valence-electron chi connectivity index (χ3n) is 2.15. The highest BCUT2D eigenvalue weighted by Gasteiger charge is 1.96. The van der Waals surface area contributed by atoms with Crippen molar-refractivity contribution in [3.05, 3.63) is 42.1 Å². The number of imidazole rings is 1. The first-order chi connectivity index (χ1) is 7.88. The maximum atomic E-state index is 8.61. The van der Waals surface area contributed by atoms with Gasteiger partial charge in [0.1, 0.15) is 11.9 Å². The average molecular weight is 213 g/mol. The summed E-state index contributed by atoms with van der Waals surface area (Å²) >= 11 is 0. The number of nitriles is 1. The van der Waals surface area contributed by atoms with Gasteiger partial charge in [0.25, 0.3) is 0 Å². The quantitative estimate of drug-likeness (QED) is 0.803. The lowest BCUT2D eigenvalue weighted by atomic mass is 10.3. The zero-order chi connectivity index (χ0) is 11.2. The molecule has 16 heavy (non-hydrogen) atoms. The van der Waals surface area contributed by atoms with Gasteiger partial charge in [-0.25, -0.2) is 9.97 Å². The minimum Gasteiger partial charge on any atom is -0.370 e. The van der Waals surface area contributed by atoms with Crippen LogP contribution >= 0.6 is 0 Å². The van der Waals surface area contributed by atoms with Gasteiger partial charge in [-0.15, -0.1) is 0 Å². The number of hydrogen-bond donors (Lipinski definition) is 2. The van der Waals surface area contributed by atoms with Crippen LogP contribution in [0, 0.1) is 11.3 Å². The van der Waals surface area contributed by atoms with Crippen LogP contribution in [0.25, 0.3) is 0 Å². The average Bonchev–Trinajstić information content (AvgIpc) is 2.83. The van der Waals surface area contributed by atoms with E-state index in [0.29, 0.717) is 5.56 Å². The lowest BCUT2D eigenvalue weighted by molar-refractivity contribution is 0.968. The molecule has 0 spiro atoms. The van der Waals surface area contributed by atoms with Crippen molar-refractivity contribution in [3.8, 4) is 6.07 Å². The molecule has 0 atom stereocenters. The Kier molecular flexibility index (Phi) is 3.14. The van der Waals surface area contributed by atoms with Crippen LogP contribution in [0.1, 0.15) is 11.3 Å². The van der Waals surface area contributed by atoms with Crippen LogP contribution in [-0.2, 0) is 6.42 Å². The van der Waals surface area contributed by atoms with E-state index in [1.807, 2.05) is 6.07 Å². The van der Waals surface area contributed by atoms with Crippen molar-refractivity contribution in [1.29, 1.82) is 5.26 Å². The van der Waals surface area contributed by atoms with E-state index in [1.165, 1.54) is 0 Å². The van der Waals surface area contributed by atoms with E-state index < -0.39 is 0 Å². The lowest BCUT2D eigenvalue weighted by Crippen LogP contribution is -2.06. The number of rotatable bonds is 4. The van der Waals surface area contributed by atoms with Crippen molar-refractivity contribution >= 4 is 5.82 Å². The molecule has 0 aliphatic rings. The van der Waals surface area contributed by atoms with Crippen LogP contribution in [0.4, 0.5) is 5.82 Å². The number of H-pyrrole nitrogens is 1. The van der Waals surface area contributed by atoms with Gasteiger partial charge in [0.05, 0.1) is 11.9 Å². The predicted octanol–water partition coefficient (Wildman–Crippen LogP) is 1.33. The van der Waals surface area contributed by atoms with Gasteiger partial charge in [-0.1, -0.05) is 0 Å². The zero-order valence-electron chi connectivity index (χ0n) is 8.64. The van der Waals surface area contributed by atoms with Gasteiger partial charge >= 0.3 is 0 Å². The number of aromatic nitrogens is 3. The van der Waals surface area contributed by atoms with Crippen molar-refractivity contribution in [3.63, 3.8) is 0 Å². The normalized spacial score (nSPS) is 9.69. The van der Waals surface area contributed by atoms with E-state index in [9.17, 15) is 0 Å².